The molecule has 0 atom stereocenters. The lowest BCUT2D eigenvalue weighted by atomic mass is 9.96. The quantitative estimate of drug-likeness (QED) is 0.865. The van der Waals surface area contributed by atoms with Gasteiger partial charge in [-0.25, -0.2) is 14.8 Å². The van der Waals surface area contributed by atoms with E-state index < -0.39 is 0 Å². The average Bonchev–Trinajstić information content (AvgIpc) is 2.38. The molecule has 2 amide bonds. The number of carbonyl (C=O) groups excluding carboxylic acids is 1. The van der Waals surface area contributed by atoms with E-state index in [1.807, 2.05) is 27.7 Å². The second kappa shape index (κ2) is 7.19. The third kappa shape index (κ3) is 4.77. The fraction of sp³-hybridized carbons (Fsp3) is 0.643. The van der Waals surface area contributed by atoms with Crippen molar-refractivity contribution in [2.24, 2.45) is 0 Å². The zero-order chi connectivity index (χ0) is 15.2. The standard InChI is InChI=1S/C14H24N4O2/c1-5-6-18(7-8-19)13(20)17-11-9-15-12(16-10-11)14(2,3)4/h9-10,19H,5-8H2,1-4H3,(H,17,20). The predicted molar refractivity (Wildman–Crippen MR) is 78.7 cm³/mol. The van der Waals surface area contributed by atoms with Crippen molar-refractivity contribution in [3.63, 3.8) is 0 Å². The summed E-state index contributed by atoms with van der Waals surface area (Å²) in [7, 11) is 0. The lowest BCUT2D eigenvalue weighted by Crippen LogP contribution is -2.37. The van der Waals surface area contributed by atoms with E-state index in [1.54, 1.807) is 17.3 Å². The average molecular weight is 280 g/mol. The molecular weight excluding hydrogens is 256 g/mol. The van der Waals surface area contributed by atoms with Crippen molar-refractivity contribution in [2.75, 3.05) is 25.0 Å². The van der Waals surface area contributed by atoms with Crippen LogP contribution < -0.4 is 5.32 Å². The Morgan fingerprint density at radius 1 is 1.30 bits per heavy atom. The van der Waals surface area contributed by atoms with Crippen molar-refractivity contribution in [2.45, 2.75) is 39.5 Å². The second-order valence-corrected chi connectivity index (χ2v) is 5.69. The molecule has 112 valence electrons. The van der Waals surface area contributed by atoms with Crippen molar-refractivity contribution in [3.05, 3.63) is 18.2 Å². The Labute approximate surface area is 120 Å². The lowest BCUT2D eigenvalue weighted by Gasteiger charge is -2.21. The highest BCUT2D eigenvalue weighted by atomic mass is 16.3. The van der Waals surface area contributed by atoms with Crippen LogP contribution in [0.4, 0.5) is 10.5 Å². The fourth-order valence-electron chi connectivity index (χ4n) is 1.69. The first-order valence-corrected chi connectivity index (χ1v) is 6.87. The molecule has 0 spiro atoms. The van der Waals surface area contributed by atoms with Gasteiger partial charge in [0.1, 0.15) is 5.82 Å². The van der Waals surface area contributed by atoms with Gasteiger partial charge in [-0.1, -0.05) is 27.7 Å². The van der Waals surface area contributed by atoms with Crippen molar-refractivity contribution in [1.82, 2.24) is 14.9 Å². The van der Waals surface area contributed by atoms with E-state index in [4.69, 9.17) is 5.11 Å². The van der Waals surface area contributed by atoms with Crippen LogP contribution in [0.3, 0.4) is 0 Å². The number of nitrogens with one attached hydrogen (secondary N) is 1. The van der Waals surface area contributed by atoms with Gasteiger partial charge in [-0.2, -0.15) is 0 Å². The number of hydrogen-bond acceptors (Lipinski definition) is 4. The van der Waals surface area contributed by atoms with Crippen LogP contribution >= 0.6 is 0 Å². The molecule has 0 aromatic carbocycles. The van der Waals surface area contributed by atoms with Gasteiger partial charge in [0.05, 0.1) is 24.7 Å². The number of aliphatic hydroxyl groups is 1. The lowest BCUT2D eigenvalue weighted by molar-refractivity contribution is 0.188. The summed E-state index contributed by atoms with van der Waals surface area (Å²) < 4.78 is 0. The van der Waals surface area contributed by atoms with Gasteiger partial charge in [-0.15, -0.1) is 0 Å². The molecule has 6 heteroatoms. The maximum absolute atomic E-state index is 12.0. The summed E-state index contributed by atoms with van der Waals surface area (Å²) >= 11 is 0. The van der Waals surface area contributed by atoms with Gasteiger partial charge < -0.3 is 15.3 Å². The minimum atomic E-state index is -0.243. The van der Waals surface area contributed by atoms with Crippen LogP contribution in [0.2, 0.25) is 0 Å². The monoisotopic (exact) mass is 280 g/mol. The minimum Gasteiger partial charge on any atom is -0.395 e. The Morgan fingerprint density at radius 2 is 1.90 bits per heavy atom. The van der Waals surface area contributed by atoms with Crippen molar-refractivity contribution >= 4 is 11.7 Å². The van der Waals surface area contributed by atoms with E-state index in [2.05, 4.69) is 15.3 Å². The number of aromatic nitrogens is 2. The Balaban J connectivity index is 2.70. The van der Waals surface area contributed by atoms with Gasteiger partial charge in [-0.05, 0) is 6.42 Å². The van der Waals surface area contributed by atoms with E-state index in [0.717, 1.165) is 12.2 Å². The van der Waals surface area contributed by atoms with Gasteiger partial charge in [-0.3, -0.25) is 0 Å². The number of hydrogen-bond donors (Lipinski definition) is 2. The molecule has 0 saturated heterocycles. The van der Waals surface area contributed by atoms with E-state index in [0.29, 0.717) is 18.8 Å². The molecule has 0 fully saturated rings. The zero-order valence-corrected chi connectivity index (χ0v) is 12.7. The molecule has 1 rings (SSSR count). The summed E-state index contributed by atoms with van der Waals surface area (Å²) in [4.78, 5) is 22.1. The van der Waals surface area contributed by atoms with Crippen LogP contribution in [0.1, 0.15) is 39.9 Å². The molecule has 1 aromatic rings. The summed E-state index contributed by atoms with van der Waals surface area (Å²) in [5.41, 5.74) is 0.440. The van der Waals surface area contributed by atoms with Crippen molar-refractivity contribution in [1.29, 1.82) is 0 Å². The van der Waals surface area contributed by atoms with Gasteiger partial charge in [0.15, 0.2) is 0 Å². The van der Waals surface area contributed by atoms with Crippen molar-refractivity contribution in [3.8, 4) is 0 Å². The smallest absolute Gasteiger partial charge is 0.322 e. The zero-order valence-electron chi connectivity index (χ0n) is 12.7. The molecule has 0 aliphatic heterocycles. The number of amides is 2. The second-order valence-electron chi connectivity index (χ2n) is 5.69. The fourth-order valence-corrected chi connectivity index (χ4v) is 1.69. The molecule has 1 aromatic heterocycles. The van der Waals surface area contributed by atoms with Crippen LogP contribution in [-0.2, 0) is 5.41 Å². The largest absolute Gasteiger partial charge is 0.395 e. The third-order valence-electron chi connectivity index (χ3n) is 2.72. The maximum Gasteiger partial charge on any atom is 0.322 e. The number of urea groups is 1. The molecule has 0 radical (unpaired) electrons. The molecule has 20 heavy (non-hydrogen) atoms. The van der Waals surface area contributed by atoms with Crippen LogP contribution in [0, 0.1) is 0 Å². The molecular formula is C14H24N4O2. The Morgan fingerprint density at radius 3 is 2.35 bits per heavy atom. The van der Waals surface area contributed by atoms with Gasteiger partial charge in [0.25, 0.3) is 0 Å². The molecule has 0 bridgehead atoms. The highest BCUT2D eigenvalue weighted by molar-refractivity contribution is 5.88. The highest BCUT2D eigenvalue weighted by Gasteiger charge is 2.17. The molecule has 0 saturated carbocycles. The summed E-state index contributed by atoms with van der Waals surface area (Å²) in [6, 6.07) is -0.243. The highest BCUT2D eigenvalue weighted by Crippen LogP contribution is 2.18. The molecule has 0 aliphatic rings. The maximum atomic E-state index is 12.0. The normalized spacial score (nSPS) is 11.2. The number of nitrogens with zero attached hydrogens (tertiary/aromatic N) is 3. The molecule has 2 N–H and O–H groups in total. The van der Waals surface area contributed by atoms with Gasteiger partial charge >= 0.3 is 6.03 Å². The summed E-state index contributed by atoms with van der Waals surface area (Å²) in [6.45, 7) is 8.96. The topological polar surface area (TPSA) is 78.4 Å². The van der Waals surface area contributed by atoms with Crippen LogP contribution in [0.15, 0.2) is 12.4 Å². The summed E-state index contributed by atoms with van der Waals surface area (Å²) in [5.74, 6) is 0.733. The van der Waals surface area contributed by atoms with E-state index in [-0.39, 0.29) is 18.1 Å². The van der Waals surface area contributed by atoms with Crippen LogP contribution in [0.5, 0.6) is 0 Å². The molecule has 0 aliphatic carbocycles. The molecule has 6 nitrogen and oxygen atoms in total. The molecule has 0 unspecified atom stereocenters. The number of rotatable bonds is 5. The number of carbonyl (C=O) groups is 1. The number of aliphatic hydroxyl groups excluding tert-OH is 1. The van der Waals surface area contributed by atoms with Gasteiger partial charge in [0.2, 0.25) is 0 Å². The summed E-state index contributed by atoms with van der Waals surface area (Å²) in [6.07, 6.45) is 4.05. The van der Waals surface area contributed by atoms with Crippen LogP contribution in [-0.4, -0.2) is 45.7 Å². The minimum absolute atomic E-state index is 0.0487. The Bertz CT molecular complexity index is 420. The Kier molecular flexibility index (Phi) is 5.88. The first kappa shape index (κ1) is 16.4. The first-order valence-electron chi connectivity index (χ1n) is 6.87. The van der Waals surface area contributed by atoms with Gasteiger partial charge in [0, 0.05) is 18.5 Å². The van der Waals surface area contributed by atoms with E-state index in [1.165, 1.54) is 0 Å². The third-order valence-corrected chi connectivity index (χ3v) is 2.72. The SMILES string of the molecule is CCCN(CCO)C(=O)Nc1cnc(C(C)(C)C)nc1. The first-order chi connectivity index (χ1) is 9.38. The van der Waals surface area contributed by atoms with E-state index in [9.17, 15) is 4.79 Å². The van der Waals surface area contributed by atoms with Crippen molar-refractivity contribution < 1.29 is 9.90 Å². The Hall–Kier alpha value is -1.69. The van der Waals surface area contributed by atoms with Crippen LogP contribution in [0.25, 0.3) is 0 Å². The molecule has 1 heterocycles. The predicted octanol–water partition coefficient (Wildman–Crippen LogP) is 2.01. The number of anilines is 1. The summed E-state index contributed by atoms with van der Waals surface area (Å²) in [5, 5.41) is 11.7. The van der Waals surface area contributed by atoms with E-state index >= 15 is 0 Å².